The number of aliphatic hydroxyl groups excluding tert-OH is 1. The van der Waals surface area contributed by atoms with E-state index in [1.54, 1.807) is 30.3 Å². The lowest BCUT2D eigenvalue weighted by Crippen LogP contribution is -2.18. The second kappa shape index (κ2) is 6.02. The van der Waals surface area contributed by atoms with Crippen molar-refractivity contribution in [3.8, 4) is 5.69 Å². The number of benzene rings is 1. The van der Waals surface area contributed by atoms with Gasteiger partial charge in [0.05, 0.1) is 0 Å². The normalized spacial score (nSPS) is 11.8. The van der Waals surface area contributed by atoms with Crippen LogP contribution in [0.5, 0.6) is 0 Å². The van der Waals surface area contributed by atoms with E-state index >= 15 is 0 Å². The molecule has 1 N–H and O–H groups in total. The number of ether oxygens (including phenoxy) is 1. The van der Waals surface area contributed by atoms with Gasteiger partial charge in [-0.2, -0.15) is 13.2 Å². The number of hydrogen-bond acceptors (Lipinski definition) is 4. The molecular formula is C12H12F3N3O2. The van der Waals surface area contributed by atoms with Crippen LogP contribution >= 0.6 is 0 Å². The number of aromatic nitrogens is 3. The summed E-state index contributed by atoms with van der Waals surface area (Å²) in [6, 6.07) is 8.78. The molecule has 0 unspecified atom stereocenters. The second-order valence-electron chi connectivity index (χ2n) is 3.97. The van der Waals surface area contributed by atoms with Crippen molar-refractivity contribution >= 4 is 0 Å². The molecule has 8 heteroatoms. The summed E-state index contributed by atoms with van der Waals surface area (Å²) < 4.78 is 42.2. The molecule has 2 rings (SSSR count). The third-order valence-corrected chi connectivity index (χ3v) is 2.45. The molecule has 1 heterocycles. The predicted octanol–water partition coefficient (Wildman–Crippen LogP) is 1.84. The molecule has 0 atom stereocenters. The zero-order chi connectivity index (χ0) is 14.6. The molecule has 0 aliphatic rings. The van der Waals surface area contributed by atoms with Crippen LogP contribution in [0.1, 0.15) is 11.6 Å². The minimum atomic E-state index is -4.39. The van der Waals surface area contributed by atoms with E-state index in [2.05, 4.69) is 14.9 Å². The van der Waals surface area contributed by atoms with Crippen molar-refractivity contribution in [1.82, 2.24) is 14.8 Å². The van der Waals surface area contributed by atoms with Crippen LogP contribution in [0.3, 0.4) is 0 Å². The van der Waals surface area contributed by atoms with Gasteiger partial charge in [-0.15, -0.1) is 10.2 Å². The predicted molar refractivity (Wildman–Crippen MR) is 63.0 cm³/mol. The molecule has 0 spiro atoms. The summed E-state index contributed by atoms with van der Waals surface area (Å²) in [6.45, 7) is -2.08. The summed E-state index contributed by atoms with van der Waals surface area (Å²) in [4.78, 5) is 0. The first-order chi connectivity index (χ1) is 9.51. The van der Waals surface area contributed by atoms with Crippen LogP contribution in [0.15, 0.2) is 30.3 Å². The molecular weight excluding hydrogens is 275 g/mol. The Labute approximate surface area is 112 Å². The molecule has 0 radical (unpaired) electrons. The maximum Gasteiger partial charge on any atom is 0.411 e. The van der Waals surface area contributed by atoms with Gasteiger partial charge in [-0.25, -0.2) is 0 Å². The number of hydrogen-bond donors (Lipinski definition) is 1. The van der Waals surface area contributed by atoms with Crippen LogP contribution in [0.4, 0.5) is 13.2 Å². The molecule has 0 aliphatic heterocycles. The van der Waals surface area contributed by atoms with Crippen molar-refractivity contribution in [2.75, 3.05) is 6.61 Å². The number of alkyl halides is 3. The topological polar surface area (TPSA) is 60.2 Å². The highest BCUT2D eigenvalue weighted by Gasteiger charge is 2.28. The van der Waals surface area contributed by atoms with Gasteiger partial charge in [-0.05, 0) is 12.1 Å². The number of rotatable bonds is 5. The van der Waals surface area contributed by atoms with Crippen molar-refractivity contribution < 1.29 is 23.0 Å². The van der Waals surface area contributed by atoms with Crippen molar-refractivity contribution in [2.24, 2.45) is 0 Å². The molecule has 0 saturated carbocycles. The summed E-state index contributed by atoms with van der Waals surface area (Å²) in [7, 11) is 0. The molecule has 20 heavy (non-hydrogen) atoms. The molecule has 108 valence electrons. The Balaban J connectivity index is 2.20. The van der Waals surface area contributed by atoms with Crippen molar-refractivity contribution in [1.29, 1.82) is 0 Å². The van der Waals surface area contributed by atoms with Gasteiger partial charge in [0.15, 0.2) is 11.6 Å². The Morgan fingerprint density at radius 3 is 2.35 bits per heavy atom. The molecule has 0 saturated heterocycles. The van der Waals surface area contributed by atoms with E-state index in [0.29, 0.717) is 5.69 Å². The van der Waals surface area contributed by atoms with Crippen molar-refractivity contribution in [2.45, 2.75) is 19.4 Å². The van der Waals surface area contributed by atoms with Crippen molar-refractivity contribution in [3.05, 3.63) is 42.0 Å². The van der Waals surface area contributed by atoms with Crippen LogP contribution in [0, 0.1) is 0 Å². The van der Waals surface area contributed by atoms with E-state index in [4.69, 9.17) is 0 Å². The number of aliphatic hydroxyl groups is 1. The van der Waals surface area contributed by atoms with Gasteiger partial charge in [0, 0.05) is 5.69 Å². The maximum absolute atomic E-state index is 12.0. The first kappa shape index (κ1) is 14.5. The zero-order valence-corrected chi connectivity index (χ0v) is 10.3. The fourth-order valence-electron chi connectivity index (χ4n) is 1.68. The number of para-hydroxylation sites is 1. The summed E-state index contributed by atoms with van der Waals surface area (Å²) in [5.74, 6) is 0.436. The summed E-state index contributed by atoms with van der Waals surface area (Å²) in [6.07, 6.45) is -4.39. The third kappa shape index (κ3) is 3.55. The summed E-state index contributed by atoms with van der Waals surface area (Å²) >= 11 is 0. The number of nitrogens with zero attached hydrogens (tertiary/aromatic N) is 3. The molecule has 2 aromatic rings. The first-order valence-electron chi connectivity index (χ1n) is 5.75. The average molecular weight is 287 g/mol. The SMILES string of the molecule is OCc1nnc(COCC(F)(F)F)n1-c1ccccc1. The minimum Gasteiger partial charge on any atom is -0.388 e. The van der Waals surface area contributed by atoms with Crippen LogP contribution in [0.2, 0.25) is 0 Å². The van der Waals surface area contributed by atoms with Crippen LogP contribution in [-0.4, -0.2) is 32.7 Å². The average Bonchev–Trinajstić information content (AvgIpc) is 2.81. The van der Waals surface area contributed by atoms with E-state index < -0.39 is 12.8 Å². The third-order valence-electron chi connectivity index (χ3n) is 2.45. The highest BCUT2D eigenvalue weighted by Crippen LogP contribution is 2.17. The Morgan fingerprint density at radius 1 is 1.10 bits per heavy atom. The lowest BCUT2D eigenvalue weighted by atomic mass is 10.3. The molecule has 0 amide bonds. The Bertz CT molecular complexity index is 555. The first-order valence-corrected chi connectivity index (χ1v) is 5.75. The van der Waals surface area contributed by atoms with Crippen LogP contribution < -0.4 is 0 Å². The maximum atomic E-state index is 12.0. The second-order valence-corrected chi connectivity index (χ2v) is 3.97. The fraction of sp³-hybridized carbons (Fsp3) is 0.333. The largest absolute Gasteiger partial charge is 0.411 e. The van der Waals surface area contributed by atoms with E-state index in [1.165, 1.54) is 4.57 Å². The highest BCUT2D eigenvalue weighted by atomic mass is 19.4. The van der Waals surface area contributed by atoms with Crippen LogP contribution in [-0.2, 0) is 18.0 Å². The molecule has 0 fully saturated rings. The summed E-state index contributed by atoms with van der Waals surface area (Å²) in [5.41, 5.74) is 0.646. The van der Waals surface area contributed by atoms with Gasteiger partial charge in [-0.3, -0.25) is 4.57 Å². The van der Waals surface area contributed by atoms with E-state index in [1.807, 2.05) is 0 Å². The van der Waals surface area contributed by atoms with E-state index in [-0.39, 0.29) is 24.9 Å². The van der Waals surface area contributed by atoms with E-state index in [0.717, 1.165) is 0 Å². The van der Waals surface area contributed by atoms with Crippen LogP contribution in [0.25, 0.3) is 5.69 Å². The lowest BCUT2D eigenvalue weighted by Gasteiger charge is -2.10. The molecule has 0 aliphatic carbocycles. The quantitative estimate of drug-likeness (QED) is 0.911. The summed E-state index contributed by atoms with van der Waals surface area (Å²) in [5, 5.41) is 16.7. The van der Waals surface area contributed by atoms with Gasteiger partial charge in [-0.1, -0.05) is 18.2 Å². The molecule has 1 aromatic carbocycles. The Morgan fingerprint density at radius 2 is 1.75 bits per heavy atom. The fourth-order valence-corrected chi connectivity index (χ4v) is 1.68. The smallest absolute Gasteiger partial charge is 0.388 e. The Kier molecular flexibility index (Phi) is 4.35. The van der Waals surface area contributed by atoms with Gasteiger partial charge in [0.2, 0.25) is 0 Å². The standard InChI is InChI=1S/C12H12F3N3O2/c13-12(14,15)8-20-7-11-17-16-10(6-19)18(11)9-4-2-1-3-5-9/h1-5,19H,6-8H2. The van der Waals surface area contributed by atoms with Gasteiger partial charge >= 0.3 is 6.18 Å². The molecule has 0 bridgehead atoms. The van der Waals surface area contributed by atoms with Gasteiger partial charge < -0.3 is 9.84 Å². The lowest BCUT2D eigenvalue weighted by molar-refractivity contribution is -0.177. The van der Waals surface area contributed by atoms with Gasteiger partial charge in [0.25, 0.3) is 0 Å². The zero-order valence-electron chi connectivity index (χ0n) is 10.3. The highest BCUT2D eigenvalue weighted by molar-refractivity contribution is 5.33. The molecule has 1 aromatic heterocycles. The molecule has 5 nitrogen and oxygen atoms in total. The minimum absolute atomic E-state index is 0.199. The van der Waals surface area contributed by atoms with Crippen molar-refractivity contribution in [3.63, 3.8) is 0 Å². The Hall–Kier alpha value is -1.93. The number of halogens is 3. The van der Waals surface area contributed by atoms with Gasteiger partial charge in [0.1, 0.15) is 19.8 Å². The monoisotopic (exact) mass is 287 g/mol. The van der Waals surface area contributed by atoms with E-state index in [9.17, 15) is 18.3 Å².